The van der Waals surface area contributed by atoms with Crippen LogP contribution >= 0.6 is 0 Å². The lowest BCUT2D eigenvalue weighted by Crippen LogP contribution is -2.46. The summed E-state index contributed by atoms with van der Waals surface area (Å²) in [6, 6.07) is 6.74. The summed E-state index contributed by atoms with van der Waals surface area (Å²) in [5.74, 6) is 0.299. The summed E-state index contributed by atoms with van der Waals surface area (Å²) in [5, 5.41) is 2.53. The second kappa shape index (κ2) is 5.84. The van der Waals surface area contributed by atoms with Gasteiger partial charge in [0, 0.05) is 18.5 Å². The van der Waals surface area contributed by atoms with Crippen LogP contribution in [0.3, 0.4) is 0 Å². The van der Waals surface area contributed by atoms with E-state index in [-0.39, 0.29) is 5.97 Å². The lowest BCUT2D eigenvalue weighted by Gasteiger charge is -2.27. The van der Waals surface area contributed by atoms with Crippen LogP contribution in [0.2, 0.25) is 0 Å². The van der Waals surface area contributed by atoms with Gasteiger partial charge in [0.05, 0.1) is 20.1 Å². The monoisotopic (exact) mass is 263 g/mol. The van der Waals surface area contributed by atoms with E-state index in [0.717, 1.165) is 17.6 Å². The lowest BCUT2D eigenvalue weighted by molar-refractivity contribution is -0.890. The molecule has 5 heteroatoms. The summed E-state index contributed by atoms with van der Waals surface area (Å²) in [7, 11) is 2.09. The maximum atomic E-state index is 11.9. The summed E-state index contributed by atoms with van der Waals surface area (Å²) in [4.78, 5) is 22.1. The van der Waals surface area contributed by atoms with Gasteiger partial charge in [-0.3, -0.25) is 4.79 Å². The third-order valence-electron chi connectivity index (χ3n) is 3.47. The highest BCUT2D eigenvalue weighted by molar-refractivity contribution is 5.74. The van der Waals surface area contributed by atoms with Gasteiger partial charge in [-0.2, -0.15) is 0 Å². The molecule has 102 valence electrons. The minimum atomic E-state index is -0.208. The number of likely N-dealkylation sites (N-methyl/N-ethyl adjacent to an activating group) is 1. The fraction of sp³-hybridized carbons (Fsp3) is 0.429. The van der Waals surface area contributed by atoms with Crippen LogP contribution in [0.15, 0.2) is 24.3 Å². The summed E-state index contributed by atoms with van der Waals surface area (Å²) in [6.07, 6.45) is 2.96. The van der Waals surface area contributed by atoms with Crippen molar-refractivity contribution in [1.82, 2.24) is 0 Å². The highest BCUT2D eigenvalue weighted by Gasteiger charge is 2.30. The summed E-state index contributed by atoms with van der Waals surface area (Å²) in [5.41, 5.74) is 0.674. The largest absolute Gasteiger partial charge is 0.422 e. The van der Waals surface area contributed by atoms with Gasteiger partial charge < -0.3 is 14.5 Å². The number of carbonyl (C=O) groups excluding carboxylic acids is 2. The van der Waals surface area contributed by atoms with Crippen LogP contribution in [-0.2, 0) is 9.59 Å². The maximum Gasteiger partial charge on any atom is 0.367 e. The number of ether oxygens (including phenoxy) is 1. The van der Waals surface area contributed by atoms with Crippen molar-refractivity contribution in [2.45, 2.75) is 12.8 Å². The third-order valence-corrected chi connectivity index (χ3v) is 3.47. The number of carbonyl (C=O) groups is 2. The number of nitrogens with zero attached hydrogens (tertiary/aromatic N) is 1. The Morgan fingerprint density at radius 2 is 1.95 bits per heavy atom. The van der Waals surface area contributed by atoms with Gasteiger partial charge in [-0.1, -0.05) is 0 Å². The first-order valence-electron chi connectivity index (χ1n) is 6.46. The molecular weight excluding hydrogens is 244 g/mol. The Kier molecular flexibility index (Phi) is 4.16. The molecule has 1 aromatic carbocycles. The molecule has 2 rings (SSSR count). The van der Waals surface area contributed by atoms with Gasteiger partial charge in [-0.05, 0) is 24.3 Å². The molecule has 0 aromatic heterocycles. The van der Waals surface area contributed by atoms with Crippen LogP contribution in [0.5, 0.6) is 5.75 Å². The minimum Gasteiger partial charge on any atom is -0.422 e. The maximum absolute atomic E-state index is 11.9. The fourth-order valence-corrected chi connectivity index (χ4v) is 2.42. The predicted molar refractivity (Wildman–Crippen MR) is 71.8 cm³/mol. The van der Waals surface area contributed by atoms with Crippen LogP contribution in [0, 0.1) is 0 Å². The van der Waals surface area contributed by atoms with Crippen molar-refractivity contribution >= 4 is 18.1 Å². The molecule has 1 saturated heterocycles. The van der Waals surface area contributed by atoms with Gasteiger partial charge in [-0.15, -0.1) is 0 Å². The minimum absolute atomic E-state index is 0.208. The summed E-state index contributed by atoms with van der Waals surface area (Å²) < 4.78 is 6.07. The van der Waals surface area contributed by atoms with Gasteiger partial charge in [-0.25, -0.2) is 4.79 Å². The number of esters is 1. The van der Waals surface area contributed by atoms with Crippen molar-refractivity contribution in [2.75, 3.05) is 32.0 Å². The standard InChI is InChI=1S/C14H18N2O3/c1-16(8-2-3-9-16)10-14(18)19-13-6-4-12(5-7-13)15-11-17/h4-7,11H,2-3,8-10H2,1H3/p+1. The van der Waals surface area contributed by atoms with E-state index in [1.54, 1.807) is 24.3 Å². The van der Waals surface area contributed by atoms with E-state index in [9.17, 15) is 9.59 Å². The molecular formula is C14H19N2O3+. The first-order valence-corrected chi connectivity index (χ1v) is 6.46. The number of rotatable bonds is 5. The second-order valence-electron chi connectivity index (χ2n) is 5.19. The first-order chi connectivity index (χ1) is 9.11. The van der Waals surface area contributed by atoms with Crippen molar-refractivity contribution in [3.05, 3.63) is 24.3 Å². The molecule has 1 aromatic rings. The summed E-state index contributed by atoms with van der Waals surface area (Å²) >= 11 is 0. The summed E-state index contributed by atoms with van der Waals surface area (Å²) in [6.45, 7) is 2.49. The molecule has 0 spiro atoms. The zero-order valence-electron chi connectivity index (χ0n) is 11.1. The SMILES string of the molecule is C[N+]1(CC(=O)Oc2ccc(NC=O)cc2)CCCC1. The Bertz CT molecular complexity index is 450. The normalized spacial score (nSPS) is 16.9. The molecule has 0 unspecified atom stereocenters. The molecule has 1 heterocycles. The van der Waals surface area contributed by atoms with Crippen LogP contribution in [0.25, 0.3) is 0 Å². The molecule has 0 aliphatic carbocycles. The van der Waals surface area contributed by atoms with E-state index in [1.165, 1.54) is 12.8 Å². The third kappa shape index (κ3) is 3.79. The Balaban J connectivity index is 1.89. The number of benzene rings is 1. The number of likely N-dealkylation sites (tertiary alicyclic amines) is 1. The van der Waals surface area contributed by atoms with Crippen LogP contribution < -0.4 is 10.1 Å². The predicted octanol–water partition coefficient (Wildman–Crippen LogP) is 1.40. The molecule has 0 bridgehead atoms. The van der Waals surface area contributed by atoms with Crippen LogP contribution in [-0.4, -0.2) is 43.5 Å². The topological polar surface area (TPSA) is 55.4 Å². The van der Waals surface area contributed by atoms with Crippen molar-refractivity contribution in [1.29, 1.82) is 0 Å². The molecule has 1 fully saturated rings. The van der Waals surface area contributed by atoms with E-state index < -0.39 is 0 Å². The lowest BCUT2D eigenvalue weighted by atomic mass is 10.3. The highest BCUT2D eigenvalue weighted by atomic mass is 16.5. The van der Waals surface area contributed by atoms with Crippen LogP contribution in [0.4, 0.5) is 5.69 Å². The van der Waals surface area contributed by atoms with E-state index in [4.69, 9.17) is 4.74 Å². The van der Waals surface area contributed by atoms with E-state index in [0.29, 0.717) is 24.4 Å². The average Bonchev–Trinajstić information content (AvgIpc) is 2.78. The first kappa shape index (κ1) is 13.5. The molecule has 1 amide bonds. The van der Waals surface area contributed by atoms with Crippen molar-refractivity contribution in [3.63, 3.8) is 0 Å². The molecule has 0 atom stereocenters. The zero-order chi connectivity index (χ0) is 13.7. The molecule has 1 N–H and O–H groups in total. The molecule has 1 aliphatic heterocycles. The number of amides is 1. The zero-order valence-corrected chi connectivity index (χ0v) is 11.1. The van der Waals surface area contributed by atoms with Crippen LogP contribution in [0.1, 0.15) is 12.8 Å². The number of hydrogen-bond acceptors (Lipinski definition) is 3. The average molecular weight is 263 g/mol. The van der Waals surface area contributed by atoms with Crippen molar-refractivity contribution < 1.29 is 18.8 Å². The smallest absolute Gasteiger partial charge is 0.367 e. The highest BCUT2D eigenvalue weighted by Crippen LogP contribution is 2.18. The Hall–Kier alpha value is -1.88. The van der Waals surface area contributed by atoms with E-state index in [2.05, 4.69) is 12.4 Å². The molecule has 1 aliphatic rings. The Morgan fingerprint density at radius 3 is 2.53 bits per heavy atom. The number of hydrogen-bond donors (Lipinski definition) is 1. The van der Waals surface area contributed by atoms with Gasteiger partial charge in [0.1, 0.15) is 5.75 Å². The number of quaternary nitrogens is 1. The quantitative estimate of drug-likeness (QED) is 0.378. The van der Waals surface area contributed by atoms with Gasteiger partial charge in [0.2, 0.25) is 6.41 Å². The number of anilines is 1. The van der Waals surface area contributed by atoms with E-state index in [1.807, 2.05) is 0 Å². The molecule has 19 heavy (non-hydrogen) atoms. The molecule has 0 saturated carbocycles. The van der Waals surface area contributed by atoms with Crippen molar-refractivity contribution in [3.8, 4) is 5.75 Å². The molecule has 0 radical (unpaired) electrons. The van der Waals surface area contributed by atoms with E-state index >= 15 is 0 Å². The molecule has 5 nitrogen and oxygen atoms in total. The Morgan fingerprint density at radius 1 is 1.32 bits per heavy atom. The fourth-order valence-electron chi connectivity index (χ4n) is 2.42. The Labute approximate surface area is 112 Å². The van der Waals surface area contributed by atoms with Gasteiger partial charge in [0.15, 0.2) is 6.54 Å². The number of nitrogens with one attached hydrogen (secondary N) is 1. The van der Waals surface area contributed by atoms with Gasteiger partial charge >= 0.3 is 5.97 Å². The van der Waals surface area contributed by atoms with Gasteiger partial charge in [0.25, 0.3) is 0 Å². The second-order valence-corrected chi connectivity index (χ2v) is 5.19. The van der Waals surface area contributed by atoms with Crippen molar-refractivity contribution in [2.24, 2.45) is 0 Å².